The van der Waals surface area contributed by atoms with Gasteiger partial charge in [0.2, 0.25) is 0 Å². The minimum absolute atomic E-state index is 0.0319. The first-order chi connectivity index (χ1) is 10.1. The molecule has 2 rings (SSSR count). The summed E-state index contributed by atoms with van der Waals surface area (Å²) in [5, 5.41) is 7.00. The van der Waals surface area contributed by atoms with Crippen molar-refractivity contribution in [3.05, 3.63) is 34.3 Å². The number of carbonyl (C=O) groups excluding carboxylic acids is 1. The predicted molar refractivity (Wildman–Crippen MR) is 84.9 cm³/mol. The summed E-state index contributed by atoms with van der Waals surface area (Å²) in [4.78, 5) is 12.3. The zero-order chi connectivity index (χ0) is 15.3. The van der Waals surface area contributed by atoms with Crippen LogP contribution in [0.4, 0.5) is 0 Å². The van der Waals surface area contributed by atoms with Crippen LogP contribution >= 0.6 is 11.6 Å². The number of benzene rings is 1. The quantitative estimate of drug-likeness (QED) is 0.878. The highest BCUT2D eigenvalue weighted by molar-refractivity contribution is 6.31. The molecule has 0 aromatic heterocycles. The highest BCUT2D eigenvalue weighted by atomic mass is 35.5. The number of ether oxygens (including phenoxy) is 1. The maximum absolute atomic E-state index is 12.3. The highest BCUT2D eigenvalue weighted by Crippen LogP contribution is 2.28. The van der Waals surface area contributed by atoms with Crippen LogP contribution in [0.25, 0.3) is 0 Å². The van der Waals surface area contributed by atoms with E-state index in [4.69, 9.17) is 16.3 Å². The molecule has 0 saturated carbocycles. The van der Waals surface area contributed by atoms with Crippen LogP contribution in [-0.2, 0) is 4.74 Å². The van der Waals surface area contributed by atoms with Gasteiger partial charge in [-0.3, -0.25) is 4.79 Å². The molecule has 1 aromatic rings. The molecule has 1 aliphatic heterocycles. The fourth-order valence-corrected chi connectivity index (χ4v) is 2.92. The van der Waals surface area contributed by atoms with Crippen LogP contribution in [-0.4, -0.2) is 39.3 Å². The van der Waals surface area contributed by atoms with E-state index in [0.29, 0.717) is 23.7 Å². The molecule has 1 heterocycles. The van der Waals surface area contributed by atoms with Crippen molar-refractivity contribution < 1.29 is 9.53 Å². The van der Waals surface area contributed by atoms with Gasteiger partial charge < -0.3 is 15.4 Å². The summed E-state index contributed by atoms with van der Waals surface area (Å²) in [5.74, 6) is -0.0779. The van der Waals surface area contributed by atoms with Gasteiger partial charge in [0.25, 0.3) is 5.91 Å². The molecule has 2 N–H and O–H groups in total. The number of carbonyl (C=O) groups is 1. The van der Waals surface area contributed by atoms with Crippen LogP contribution in [0, 0.1) is 12.3 Å². The second kappa shape index (κ2) is 7.25. The summed E-state index contributed by atoms with van der Waals surface area (Å²) >= 11 is 6.08. The average Bonchev–Trinajstić information content (AvgIpc) is 2.49. The van der Waals surface area contributed by atoms with Gasteiger partial charge in [0.1, 0.15) is 0 Å². The number of rotatable bonds is 5. The Balaban J connectivity index is 1.99. The summed E-state index contributed by atoms with van der Waals surface area (Å²) < 4.78 is 5.36. The maximum Gasteiger partial charge on any atom is 0.251 e. The lowest BCUT2D eigenvalue weighted by Crippen LogP contribution is -2.47. The molecule has 4 nitrogen and oxygen atoms in total. The van der Waals surface area contributed by atoms with Gasteiger partial charge in [0.15, 0.2) is 0 Å². The Morgan fingerprint density at radius 3 is 2.76 bits per heavy atom. The Hall–Kier alpha value is -1.10. The molecule has 1 amide bonds. The Morgan fingerprint density at radius 2 is 2.14 bits per heavy atom. The van der Waals surface area contributed by atoms with E-state index in [9.17, 15) is 4.79 Å². The van der Waals surface area contributed by atoms with Gasteiger partial charge >= 0.3 is 0 Å². The second-order valence-electron chi connectivity index (χ2n) is 5.83. The van der Waals surface area contributed by atoms with E-state index in [2.05, 4.69) is 10.6 Å². The standard InChI is InChI=1S/C16H23ClN2O2/c1-12-3-4-13(9-14(12)17)15(20)19-10-16(11-21-2)5-7-18-8-6-16/h3-4,9,18H,5-8,10-11H2,1-2H3,(H,19,20). The zero-order valence-corrected chi connectivity index (χ0v) is 13.4. The lowest BCUT2D eigenvalue weighted by atomic mass is 9.79. The normalized spacial score (nSPS) is 17.5. The number of nitrogens with one attached hydrogen (secondary N) is 2. The number of aryl methyl sites for hydroxylation is 1. The van der Waals surface area contributed by atoms with Crippen LogP contribution in [0.15, 0.2) is 18.2 Å². The van der Waals surface area contributed by atoms with Gasteiger partial charge in [0, 0.05) is 29.7 Å². The van der Waals surface area contributed by atoms with E-state index in [1.165, 1.54) is 0 Å². The van der Waals surface area contributed by atoms with Crippen molar-refractivity contribution in [2.75, 3.05) is 33.4 Å². The maximum atomic E-state index is 12.3. The van der Waals surface area contributed by atoms with E-state index < -0.39 is 0 Å². The molecule has 1 aliphatic rings. The number of methoxy groups -OCH3 is 1. The van der Waals surface area contributed by atoms with E-state index in [-0.39, 0.29) is 11.3 Å². The Morgan fingerprint density at radius 1 is 1.43 bits per heavy atom. The molecule has 0 aliphatic carbocycles. The molecule has 0 spiro atoms. The van der Waals surface area contributed by atoms with E-state index in [1.54, 1.807) is 13.2 Å². The third kappa shape index (κ3) is 4.19. The molecule has 1 fully saturated rings. The van der Waals surface area contributed by atoms with Crippen LogP contribution in [0.5, 0.6) is 0 Å². The summed E-state index contributed by atoms with van der Waals surface area (Å²) in [6, 6.07) is 5.40. The minimum Gasteiger partial charge on any atom is -0.384 e. The van der Waals surface area contributed by atoms with Gasteiger partial charge in [-0.15, -0.1) is 0 Å². The number of halogens is 1. The first-order valence-corrected chi connectivity index (χ1v) is 7.68. The molecular formula is C16H23ClN2O2. The summed E-state index contributed by atoms with van der Waals surface area (Å²) in [6.07, 6.45) is 2.02. The third-order valence-corrected chi connectivity index (χ3v) is 4.58. The van der Waals surface area contributed by atoms with Crippen molar-refractivity contribution in [2.45, 2.75) is 19.8 Å². The first kappa shape index (κ1) is 16.3. The van der Waals surface area contributed by atoms with Gasteiger partial charge in [0.05, 0.1) is 6.61 Å². The summed E-state index contributed by atoms with van der Waals surface area (Å²) in [5.41, 5.74) is 1.61. The number of hydrogen-bond donors (Lipinski definition) is 2. The van der Waals surface area contributed by atoms with E-state index in [1.807, 2.05) is 19.1 Å². The summed E-state index contributed by atoms with van der Waals surface area (Å²) in [6.45, 7) is 5.16. The molecular weight excluding hydrogens is 288 g/mol. The third-order valence-electron chi connectivity index (χ3n) is 4.17. The monoisotopic (exact) mass is 310 g/mol. The van der Waals surface area contributed by atoms with Crippen LogP contribution < -0.4 is 10.6 Å². The van der Waals surface area contributed by atoms with Gasteiger partial charge in [-0.1, -0.05) is 17.7 Å². The van der Waals surface area contributed by atoms with E-state index >= 15 is 0 Å². The van der Waals surface area contributed by atoms with Crippen molar-refractivity contribution in [1.82, 2.24) is 10.6 Å². The van der Waals surface area contributed by atoms with Crippen LogP contribution in [0.1, 0.15) is 28.8 Å². The zero-order valence-electron chi connectivity index (χ0n) is 12.7. The molecule has 1 aromatic carbocycles. The molecule has 116 valence electrons. The molecule has 0 unspecified atom stereocenters. The van der Waals surface area contributed by atoms with Crippen LogP contribution in [0.3, 0.4) is 0 Å². The predicted octanol–water partition coefficient (Wildman–Crippen LogP) is 2.39. The van der Waals surface area contributed by atoms with Crippen molar-refractivity contribution in [3.63, 3.8) is 0 Å². The van der Waals surface area contributed by atoms with Crippen molar-refractivity contribution in [2.24, 2.45) is 5.41 Å². The van der Waals surface area contributed by atoms with Crippen molar-refractivity contribution >= 4 is 17.5 Å². The average molecular weight is 311 g/mol. The Kier molecular flexibility index (Phi) is 5.62. The number of piperidine rings is 1. The smallest absolute Gasteiger partial charge is 0.251 e. The fourth-order valence-electron chi connectivity index (χ4n) is 2.74. The van der Waals surface area contributed by atoms with E-state index in [0.717, 1.165) is 31.5 Å². The molecule has 0 atom stereocenters. The first-order valence-electron chi connectivity index (χ1n) is 7.30. The molecule has 21 heavy (non-hydrogen) atoms. The van der Waals surface area contributed by atoms with Gasteiger partial charge in [-0.05, 0) is 50.6 Å². The van der Waals surface area contributed by atoms with Crippen molar-refractivity contribution in [1.29, 1.82) is 0 Å². The molecule has 1 saturated heterocycles. The Bertz CT molecular complexity index is 494. The van der Waals surface area contributed by atoms with Crippen LogP contribution in [0.2, 0.25) is 5.02 Å². The number of hydrogen-bond acceptors (Lipinski definition) is 3. The topological polar surface area (TPSA) is 50.4 Å². The second-order valence-corrected chi connectivity index (χ2v) is 6.24. The Labute approximate surface area is 131 Å². The van der Waals surface area contributed by atoms with Gasteiger partial charge in [-0.2, -0.15) is 0 Å². The van der Waals surface area contributed by atoms with Gasteiger partial charge in [-0.25, -0.2) is 0 Å². The molecule has 5 heteroatoms. The fraction of sp³-hybridized carbons (Fsp3) is 0.562. The largest absolute Gasteiger partial charge is 0.384 e. The SMILES string of the molecule is COCC1(CNC(=O)c2ccc(C)c(Cl)c2)CCNCC1. The molecule has 0 bridgehead atoms. The van der Waals surface area contributed by atoms with Crippen molar-refractivity contribution in [3.8, 4) is 0 Å². The highest BCUT2D eigenvalue weighted by Gasteiger charge is 2.32. The minimum atomic E-state index is -0.0779. The number of amides is 1. The molecule has 0 radical (unpaired) electrons. The lowest BCUT2D eigenvalue weighted by molar-refractivity contribution is 0.0512. The lowest BCUT2D eigenvalue weighted by Gasteiger charge is -2.37. The summed E-state index contributed by atoms with van der Waals surface area (Å²) in [7, 11) is 1.71.